The first-order valence-corrected chi connectivity index (χ1v) is 10.4. The number of nitrogens with zero attached hydrogens (tertiary/aromatic N) is 3. The van der Waals surface area contributed by atoms with Crippen molar-refractivity contribution in [2.24, 2.45) is 0 Å². The highest BCUT2D eigenvalue weighted by Gasteiger charge is 2.34. The number of piperidine rings is 1. The van der Waals surface area contributed by atoms with Crippen molar-refractivity contribution in [2.75, 3.05) is 18.0 Å². The highest BCUT2D eigenvalue weighted by molar-refractivity contribution is 6.33. The van der Waals surface area contributed by atoms with Crippen molar-refractivity contribution in [1.82, 2.24) is 10.1 Å². The fourth-order valence-electron chi connectivity index (χ4n) is 3.69. The van der Waals surface area contributed by atoms with Crippen molar-refractivity contribution < 1.29 is 14.1 Å². The van der Waals surface area contributed by atoms with E-state index in [9.17, 15) is 9.59 Å². The molecule has 4 rings (SSSR count). The molecule has 0 unspecified atom stereocenters. The molecule has 154 valence electrons. The molecule has 2 aromatic carbocycles. The van der Waals surface area contributed by atoms with Gasteiger partial charge in [-0.25, -0.2) is 9.69 Å². The van der Waals surface area contributed by atoms with E-state index in [1.807, 2.05) is 12.1 Å². The van der Waals surface area contributed by atoms with Gasteiger partial charge in [0.15, 0.2) is 0 Å². The van der Waals surface area contributed by atoms with Crippen molar-refractivity contribution in [1.29, 1.82) is 0 Å². The van der Waals surface area contributed by atoms with Crippen molar-refractivity contribution in [3.05, 3.63) is 70.9 Å². The van der Waals surface area contributed by atoms with Crippen LogP contribution in [0.2, 0.25) is 5.02 Å². The van der Waals surface area contributed by atoms with E-state index in [1.54, 1.807) is 54.3 Å². The van der Waals surface area contributed by atoms with Crippen LogP contribution in [0, 0.1) is 6.92 Å². The number of urea groups is 1. The topological polar surface area (TPSA) is 66.7 Å². The summed E-state index contributed by atoms with van der Waals surface area (Å²) in [7, 11) is 0. The van der Waals surface area contributed by atoms with Gasteiger partial charge in [-0.3, -0.25) is 4.79 Å². The Labute approximate surface area is 180 Å². The van der Waals surface area contributed by atoms with E-state index in [-0.39, 0.29) is 11.6 Å². The number of likely N-dealkylation sites (tertiary alicyclic amines) is 1. The van der Waals surface area contributed by atoms with Gasteiger partial charge in [0.2, 0.25) is 0 Å². The normalized spacial score (nSPS) is 13.9. The minimum Gasteiger partial charge on any atom is -0.360 e. The lowest BCUT2D eigenvalue weighted by Gasteiger charge is -2.32. The monoisotopic (exact) mass is 423 g/mol. The van der Waals surface area contributed by atoms with Crippen LogP contribution < -0.4 is 4.90 Å². The smallest absolute Gasteiger partial charge is 0.331 e. The minimum absolute atomic E-state index is 0.234. The molecule has 30 heavy (non-hydrogen) atoms. The second kappa shape index (κ2) is 8.71. The molecule has 2 heterocycles. The predicted molar refractivity (Wildman–Crippen MR) is 116 cm³/mol. The van der Waals surface area contributed by atoms with Gasteiger partial charge in [0, 0.05) is 18.7 Å². The zero-order valence-corrected chi connectivity index (χ0v) is 17.4. The Morgan fingerprint density at radius 1 is 1.00 bits per heavy atom. The number of para-hydroxylation sites is 1. The van der Waals surface area contributed by atoms with Gasteiger partial charge in [-0.2, -0.15) is 0 Å². The quantitative estimate of drug-likeness (QED) is 0.553. The summed E-state index contributed by atoms with van der Waals surface area (Å²) in [6.07, 6.45) is 2.95. The van der Waals surface area contributed by atoms with Crippen LogP contribution in [-0.2, 0) is 0 Å². The lowest BCUT2D eigenvalue weighted by Crippen LogP contribution is -2.48. The molecule has 1 fully saturated rings. The Kier molecular flexibility index (Phi) is 5.86. The number of amides is 3. The molecule has 0 spiro atoms. The minimum atomic E-state index is -0.481. The number of aryl methyl sites for hydroxylation is 1. The average molecular weight is 424 g/mol. The molecular weight excluding hydrogens is 402 g/mol. The number of rotatable bonds is 3. The van der Waals surface area contributed by atoms with Crippen molar-refractivity contribution in [3.63, 3.8) is 0 Å². The van der Waals surface area contributed by atoms with Crippen molar-refractivity contribution in [3.8, 4) is 11.3 Å². The third kappa shape index (κ3) is 3.83. The number of hydrogen-bond donors (Lipinski definition) is 0. The number of carbonyl (C=O) groups is 2. The molecule has 7 heteroatoms. The maximum absolute atomic E-state index is 13.8. The molecule has 1 aliphatic heterocycles. The molecule has 3 aromatic rings. The molecule has 0 aliphatic carbocycles. The number of carbonyl (C=O) groups excluding carboxylic acids is 2. The molecule has 0 radical (unpaired) electrons. The van der Waals surface area contributed by atoms with Crippen LogP contribution in [0.4, 0.5) is 10.5 Å². The highest BCUT2D eigenvalue weighted by Crippen LogP contribution is 2.33. The zero-order chi connectivity index (χ0) is 21.1. The van der Waals surface area contributed by atoms with E-state index >= 15 is 0 Å². The van der Waals surface area contributed by atoms with Gasteiger partial charge >= 0.3 is 6.03 Å². The molecule has 0 saturated carbocycles. The molecular formula is C23H22ClN3O3. The number of anilines is 1. The fourth-order valence-corrected chi connectivity index (χ4v) is 3.92. The summed E-state index contributed by atoms with van der Waals surface area (Å²) < 4.78 is 5.36. The molecule has 1 aliphatic rings. The summed E-state index contributed by atoms with van der Waals surface area (Å²) >= 11 is 6.34. The third-order valence-electron chi connectivity index (χ3n) is 5.24. The SMILES string of the molecule is Cc1onc(-c2ccccc2Cl)c1C(=O)N(C(=O)N1CCCCC1)c1ccccc1. The molecule has 1 aromatic heterocycles. The first kappa shape index (κ1) is 20.2. The second-order valence-corrected chi connectivity index (χ2v) is 7.66. The van der Waals surface area contributed by atoms with Crippen LogP contribution >= 0.6 is 11.6 Å². The Morgan fingerprint density at radius 2 is 1.67 bits per heavy atom. The molecule has 0 N–H and O–H groups in total. The first-order chi connectivity index (χ1) is 14.6. The van der Waals surface area contributed by atoms with Crippen LogP contribution in [0.3, 0.4) is 0 Å². The lowest BCUT2D eigenvalue weighted by molar-refractivity contribution is 0.0982. The number of imide groups is 1. The fraction of sp³-hybridized carbons (Fsp3) is 0.261. The zero-order valence-electron chi connectivity index (χ0n) is 16.7. The van der Waals surface area contributed by atoms with Crippen LogP contribution in [0.1, 0.15) is 35.4 Å². The summed E-state index contributed by atoms with van der Waals surface area (Å²) in [5, 5.41) is 4.54. The Bertz CT molecular complexity index is 1060. The van der Waals surface area contributed by atoms with Gasteiger partial charge in [0.05, 0.1) is 10.7 Å². The Hall–Kier alpha value is -3.12. The predicted octanol–water partition coefficient (Wildman–Crippen LogP) is 5.56. The lowest BCUT2D eigenvalue weighted by atomic mass is 10.0. The van der Waals surface area contributed by atoms with Crippen LogP contribution in [0.5, 0.6) is 0 Å². The number of halogens is 1. The van der Waals surface area contributed by atoms with Crippen LogP contribution in [0.15, 0.2) is 59.1 Å². The van der Waals surface area contributed by atoms with E-state index in [0.29, 0.717) is 40.8 Å². The summed E-state index contributed by atoms with van der Waals surface area (Å²) in [5.74, 6) is -0.146. The van der Waals surface area contributed by atoms with Crippen molar-refractivity contribution >= 4 is 29.2 Å². The molecule has 0 bridgehead atoms. The second-order valence-electron chi connectivity index (χ2n) is 7.25. The third-order valence-corrected chi connectivity index (χ3v) is 5.57. The standard InChI is InChI=1S/C23H22ClN3O3/c1-16-20(21(25-30-16)18-12-6-7-13-19(18)24)22(28)27(17-10-4-2-5-11-17)23(29)26-14-8-3-9-15-26/h2,4-7,10-13H,3,8-9,14-15H2,1H3. The molecule has 6 nitrogen and oxygen atoms in total. The summed E-state index contributed by atoms with van der Waals surface area (Å²) in [5.41, 5.74) is 1.65. The van der Waals surface area contributed by atoms with E-state index in [2.05, 4.69) is 5.16 Å². The Balaban J connectivity index is 1.79. The first-order valence-electron chi connectivity index (χ1n) is 9.97. The van der Waals surface area contributed by atoms with Gasteiger partial charge in [-0.05, 0) is 44.4 Å². The van der Waals surface area contributed by atoms with Gasteiger partial charge in [-0.1, -0.05) is 53.2 Å². The largest absolute Gasteiger partial charge is 0.360 e. The molecule has 0 atom stereocenters. The summed E-state index contributed by atoms with van der Waals surface area (Å²) in [6.45, 7) is 2.93. The summed E-state index contributed by atoms with van der Waals surface area (Å²) in [6, 6.07) is 15.7. The maximum Gasteiger partial charge on any atom is 0.331 e. The van der Waals surface area contributed by atoms with E-state index in [0.717, 1.165) is 19.3 Å². The van der Waals surface area contributed by atoms with Gasteiger partial charge in [-0.15, -0.1) is 0 Å². The maximum atomic E-state index is 13.8. The van der Waals surface area contributed by atoms with Gasteiger partial charge in [0.1, 0.15) is 17.0 Å². The van der Waals surface area contributed by atoms with E-state index in [4.69, 9.17) is 16.1 Å². The Morgan fingerprint density at radius 3 is 2.37 bits per heavy atom. The van der Waals surface area contributed by atoms with Crippen LogP contribution in [0.25, 0.3) is 11.3 Å². The molecule has 1 saturated heterocycles. The number of benzene rings is 2. The van der Waals surface area contributed by atoms with E-state index < -0.39 is 5.91 Å². The van der Waals surface area contributed by atoms with E-state index in [1.165, 1.54) is 4.90 Å². The average Bonchev–Trinajstić information content (AvgIpc) is 3.16. The van der Waals surface area contributed by atoms with Crippen molar-refractivity contribution in [2.45, 2.75) is 26.2 Å². The highest BCUT2D eigenvalue weighted by atomic mass is 35.5. The van der Waals surface area contributed by atoms with Gasteiger partial charge in [0.25, 0.3) is 5.91 Å². The molecule has 3 amide bonds. The number of aromatic nitrogens is 1. The summed E-state index contributed by atoms with van der Waals surface area (Å²) in [4.78, 5) is 30.1. The number of hydrogen-bond acceptors (Lipinski definition) is 4. The van der Waals surface area contributed by atoms with Crippen LogP contribution in [-0.4, -0.2) is 35.1 Å². The van der Waals surface area contributed by atoms with Gasteiger partial charge < -0.3 is 9.42 Å².